The summed E-state index contributed by atoms with van der Waals surface area (Å²) in [6, 6.07) is 20.0. The second-order valence-corrected chi connectivity index (χ2v) is 8.93. The standard InChI is InChI=1S/C27H29N7O2/c1-18(35)29-15-14-28-17-19-4-6-20(7-5-19)24-3-2-16-34-25(24)32-27(33-34)31-23-10-8-21(9-11-23)26(36)30-22-12-13-22/h2-11,16,22,28H,12-15,17H2,1H3,(H,29,35)(H,30,36)(H,31,33). The maximum absolute atomic E-state index is 12.2. The van der Waals surface area contributed by atoms with Gasteiger partial charge in [-0.2, -0.15) is 4.98 Å². The molecule has 2 aromatic heterocycles. The Labute approximate surface area is 209 Å². The van der Waals surface area contributed by atoms with Crippen LogP contribution in [0.2, 0.25) is 0 Å². The van der Waals surface area contributed by atoms with Gasteiger partial charge in [0, 0.05) is 55.6 Å². The largest absolute Gasteiger partial charge is 0.355 e. The van der Waals surface area contributed by atoms with Crippen molar-refractivity contribution in [1.82, 2.24) is 30.5 Å². The number of hydrogen-bond acceptors (Lipinski definition) is 6. The second kappa shape index (κ2) is 10.6. The lowest BCUT2D eigenvalue weighted by atomic mass is 10.1. The molecule has 0 saturated heterocycles. The summed E-state index contributed by atoms with van der Waals surface area (Å²) in [5.41, 5.74) is 5.39. The third kappa shape index (κ3) is 5.87. The van der Waals surface area contributed by atoms with E-state index in [0.29, 0.717) is 30.6 Å². The van der Waals surface area contributed by atoms with Crippen LogP contribution < -0.4 is 21.3 Å². The number of benzene rings is 2. The average molecular weight is 484 g/mol. The van der Waals surface area contributed by atoms with Gasteiger partial charge in [0.25, 0.3) is 5.91 Å². The molecule has 9 nitrogen and oxygen atoms in total. The molecule has 4 aromatic rings. The van der Waals surface area contributed by atoms with Crippen LogP contribution in [-0.4, -0.2) is 45.5 Å². The van der Waals surface area contributed by atoms with Crippen molar-refractivity contribution in [2.24, 2.45) is 0 Å². The molecule has 1 aliphatic carbocycles. The maximum atomic E-state index is 12.2. The minimum Gasteiger partial charge on any atom is -0.355 e. The number of carbonyl (C=O) groups excluding carboxylic acids is 2. The molecule has 36 heavy (non-hydrogen) atoms. The van der Waals surface area contributed by atoms with E-state index >= 15 is 0 Å². The van der Waals surface area contributed by atoms with Gasteiger partial charge in [0.2, 0.25) is 11.9 Å². The van der Waals surface area contributed by atoms with Crippen LogP contribution in [0, 0.1) is 0 Å². The molecule has 1 aliphatic rings. The number of amides is 2. The molecular weight excluding hydrogens is 454 g/mol. The number of anilines is 2. The number of nitrogens with zero attached hydrogens (tertiary/aromatic N) is 3. The van der Waals surface area contributed by atoms with Gasteiger partial charge in [-0.3, -0.25) is 9.59 Å². The number of hydrogen-bond donors (Lipinski definition) is 4. The van der Waals surface area contributed by atoms with Crippen LogP contribution in [0.25, 0.3) is 16.8 Å². The first kappa shape index (κ1) is 23.5. The molecule has 9 heteroatoms. The van der Waals surface area contributed by atoms with E-state index in [1.54, 1.807) is 16.6 Å². The average Bonchev–Trinajstić information content (AvgIpc) is 3.60. The van der Waals surface area contributed by atoms with E-state index < -0.39 is 0 Å². The first-order chi connectivity index (χ1) is 17.5. The SMILES string of the molecule is CC(=O)NCCNCc1ccc(-c2cccn3nc(Nc4ccc(C(=O)NC5CC5)cc4)nc23)cc1. The van der Waals surface area contributed by atoms with Crippen molar-refractivity contribution >= 4 is 29.1 Å². The zero-order valence-corrected chi connectivity index (χ0v) is 20.1. The van der Waals surface area contributed by atoms with Crippen molar-refractivity contribution in [3.8, 4) is 11.1 Å². The van der Waals surface area contributed by atoms with Crippen molar-refractivity contribution in [3.63, 3.8) is 0 Å². The van der Waals surface area contributed by atoms with Crippen molar-refractivity contribution in [1.29, 1.82) is 0 Å². The summed E-state index contributed by atoms with van der Waals surface area (Å²) in [6.07, 6.45) is 4.00. The molecule has 2 amide bonds. The summed E-state index contributed by atoms with van der Waals surface area (Å²) >= 11 is 0. The fraction of sp³-hybridized carbons (Fsp3) is 0.259. The Bertz CT molecular complexity index is 1360. The first-order valence-corrected chi connectivity index (χ1v) is 12.1. The Hall–Kier alpha value is -4.24. The fourth-order valence-electron chi connectivity index (χ4n) is 3.88. The molecule has 184 valence electrons. The fourth-order valence-corrected chi connectivity index (χ4v) is 3.88. The van der Waals surface area contributed by atoms with E-state index in [1.165, 1.54) is 6.92 Å². The predicted molar refractivity (Wildman–Crippen MR) is 139 cm³/mol. The van der Waals surface area contributed by atoms with Crippen molar-refractivity contribution in [2.45, 2.75) is 32.4 Å². The molecule has 0 bridgehead atoms. The lowest BCUT2D eigenvalue weighted by Crippen LogP contribution is -2.29. The molecule has 5 rings (SSSR count). The van der Waals surface area contributed by atoms with Gasteiger partial charge in [0.1, 0.15) is 0 Å². The van der Waals surface area contributed by atoms with E-state index in [1.807, 2.05) is 30.5 Å². The zero-order valence-electron chi connectivity index (χ0n) is 20.1. The highest BCUT2D eigenvalue weighted by atomic mass is 16.2. The number of pyridine rings is 1. The van der Waals surface area contributed by atoms with E-state index in [2.05, 4.69) is 50.6 Å². The van der Waals surface area contributed by atoms with Gasteiger partial charge in [0.15, 0.2) is 5.65 Å². The Morgan fingerprint density at radius 1 is 1.00 bits per heavy atom. The molecule has 2 aromatic carbocycles. The molecule has 1 fully saturated rings. The highest BCUT2D eigenvalue weighted by Crippen LogP contribution is 2.26. The van der Waals surface area contributed by atoms with E-state index in [0.717, 1.165) is 47.4 Å². The summed E-state index contributed by atoms with van der Waals surface area (Å²) < 4.78 is 1.76. The van der Waals surface area contributed by atoms with Crippen LogP contribution in [0.5, 0.6) is 0 Å². The summed E-state index contributed by atoms with van der Waals surface area (Å²) in [4.78, 5) is 27.8. The molecule has 0 atom stereocenters. The van der Waals surface area contributed by atoms with Crippen LogP contribution in [0.4, 0.5) is 11.6 Å². The topological polar surface area (TPSA) is 112 Å². The number of aromatic nitrogens is 3. The first-order valence-electron chi connectivity index (χ1n) is 12.1. The predicted octanol–water partition coefficient (Wildman–Crippen LogP) is 3.26. The van der Waals surface area contributed by atoms with E-state index in [4.69, 9.17) is 4.98 Å². The molecular formula is C27H29N7O2. The maximum Gasteiger partial charge on any atom is 0.251 e. The van der Waals surface area contributed by atoms with Crippen LogP contribution in [0.1, 0.15) is 35.7 Å². The number of rotatable bonds is 10. The lowest BCUT2D eigenvalue weighted by molar-refractivity contribution is -0.118. The minimum atomic E-state index is -0.0358. The third-order valence-electron chi connectivity index (χ3n) is 5.95. The second-order valence-electron chi connectivity index (χ2n) is 8.93. The molecule has 4 N–H and O–H groups in total. The lowest BCUT2D eigenvalue weighted by Gasteiger charge is -2.07. The number of nitrogens with one attached hydrogen (secondary N) is 4. The Kier molecular flexibility index (Phi) is 6.90. The van der Waals surface area contributed by atoms with Crippen molar-refractivity contribution in [2.75, 3.05) is 18.4 Å². The van der Waals surface area contributed by atoms with Crippen LogP contribution in [0.3, 0.4) is 0 Å². The highest BCUT2D eigenvalue weighted by Gasteiger charge is 2.23. The van der Waals surface area contributed by atoms with Gasteiger partial charge < -0.3 is 21.3 Å². The Morgan fingerprint density at radius 3 is 2.50 bits per heavy atom. The van der Waals surface area contributed by atoms with Crippen LogP contribution in [0.15, 0.2) is 66.9 Å². The van der Waals surface area contributed by atoms with Gasteiger partial charge >= 0.3 is 0 Å². The summed E-state index contributed by atoms with van der Waals surface area (Å²) in [6.45, 7) is 3.57. The molecule has 0 unspecified atom stereocenters. The van der Waals surface area contributed by atoms with Gasteiger partial charge in [-0.25, -0.2) is 4.52 Å². The molecule has 0 aliphatic heterocycles. The summed E-state index contributed by atoms with van der Waals surface area (Å²) in [7, 11) is 0. The van der Waals surface area contributed by atoms with Crippen molar-refractivity contribution in [3.05, 3.63) is 78.0 Å². The zero-order chi connectivity index (χ0) is 24.9. The Morgan fingerprint density at radius 2 is 1.78 bits per heavy atom. The summed E-state index contributed by atoms with van der Waals surface area (Å²) in [5, 5.41) is 16.9. The number of carbonyl (C=O) groups is 2. The Balaban J connectivity index is 1.24. The summed E-state index contributed by atoms with van der Waals surface area (Å²) in [5.74, 6) is 0.428. The van der Waals surface area contributed by atoms with Gasteiger partial charge in [0.05, 0.1) is 0 Å². The molecule has 0 spiro atoms. The van der Waals surface area contributed by atoms with E-state index in [9.17, 15) is 9.59 Å². The normalized spacial score (nSPS) is 12.9. The molecule has 0 radical (unpaired) electrons. The van der Waals surface area contributed by atoms with Gasteiger partial charge in [-0.05, 0) is 60.4 Å². The quantitative estimate of drug-likeness (QED) is 0.258. The van der Waals surface area contributed by atoms with Gasteiger partial charge in [-0.1, -0.05) is 24.3 Å². The molecule has 1 saturated carbocycles. The highest BCUT2D eigenvalue weighted by molar-refractivity contribution is 5.95. The smallest absolute Gasteiger partial charge is 0.251 e. The van der Waals surface area contributed by atoms with Crippen molar-refractivity contribution < 1.29 is 9.59 Å². The third-order valence-corrected chi connectivity index (χ3v) is 5.95. The van der Waals surface area contributed by atoms with Crippen LogP contribution >= 0.6 is 0 Å². The van der Waals surface area contributed by atoms with Gasteiger partial charge in [-0.15, -0.1) is 5.10 Å². The minimum absolute atomic E-state index is 0.0201. The molecule has 2 heterocycles. The van der Waals surface area contributed by atoms with Crippen LogP contribution in [-0.2, 0) is 11.3 Å². The number of fused-ring (bicyclic) bond motifs is 1. The monoisotopic (exact) mass is 483 g/mol. The van der Waals surface area contributed by atoms with E-state index in [-0.39, 0.29) is 11.8 Å².